The minimum atomic E-state index is -3.36. The molecule has 1 aliphatic rings. The molecule has 2 N–H and O–H groups in total. The van der Waals surface area contributed by atoms with Gasteiger partial charge in [-0.25, -0.2) is 13.1 Å². The van der Waals surface area contributed by atoms with E-state index >= 15 is 0 Å². The molecule has 2 rings (SSSR count). The van der Waals surface area contributed by atoms with Gasteiger partial charge in [-0.3, -0.25) is 0 Å². The summed E-state index contributed by atoms with van der Waals surface area (Å²) in [5.41, 5.74) is 2.01. The van der Waals surface area contributed by atoms with Crippen molar-refractivity contribution >= 4 is 15.7 Å². The van der Waals surface area contributed by atoms with E-state index in [-0.39, 0.29) is 0 Å². The summed E-state index contributed by atoms with van der Waals surface area (Å²) in [6.07, 6.45) is 4.85. The highest BCUT2D eigenvalue weighted by Gasteiger charge is 2.17. The first-order valence-corrected chi connectivity index (χ1v) is 7.82. The second kappa shape index (κ2) is 5.28. The Kier molecular flexibility index (Phi) is 3.92. The smallest absolute Gasteiger partial charge is 0.240 e. The normalized spacial score (nSPS) is 17.0. The molecule has 1 saturated carbocycles. The van der Waals surface area contributed by atoms with Crippen LogP contribution in [0, 0.1) is 6.92 Å². The second-order valence-electron chi connectivity index (χ2n) is 4.81. The highest BCUT2D eigenvalue weighted by atomic mass is 32.2. The summed E-state index contributed by atoms with van der Waals surface area (Å²) < 4.78 is 25.9. The third kappa shape index (κ3) is 2.84. The van der Waals surface area contributed by atoms with Gasteiger partial charge in [0.25, 0.3) is 0 Å². The lowest BCUT2D eigenvalue weighted by atomic mass is 10.1. The maximum atomic E-state index is 11.8. The fourth-order valence-electron chi connectivity index (χ4n) is 2.33. The van der Waals surface area contributed by atoms with E-state index in [1.807, 2.05) is 13.0 Å². The molecular formula is C13H20N2O2S. The number of nitrogens with one attached hydrogen (secondary N) is 2. The molecule has 4 nitrogen and oxygen atoms in total. The van der Waals surface area contributed by atoms with E-state index in [2.05, 4.69) is 10.0 Å². The highest BCUT2D eigenvalue weighted by molar-refractivity contribution is 7.89. The standard InChI is InChI=1S/C13H20N2O2S/c1-10-7-8-12(18(16,17)14-2)9-13(10)15-11-5-3-4-6-11/h7-9,11,14-15H,3-6H2,1-2H3. The van der Waals surface area contributed by atoms with Crippen molar-refractivity contribution in [1.29, 1.82) is 0 Å². The Bertz CT molecular complexity index is 520. The van der Waals surface area contributed by atoms with Crippen LogP contribution >= 0.6 is 0 Å². The molecule has 100 valence electrons. The lowest BCUT2D eigenvalue weighted by Gasteiger charge is -2.16. The van der Waals surface area contributed by atoms with Crippen molar-refractivity contribution in [2.45, 2.75) is 43.5 Å². The second-order valence-corrected chi connectivity index (χ2v) is 6.70. The SMILES string of the molecule is CNS(=O)(=O)c1ccc(C)c(NC2CCCC2)c1. The van der Waals surface area contributed by atoms with Gasteiger partial charge in [0.2, 0.25) is 10.0 Å². The monoisotopic (exact) mass is 268 g/mol. The third-order valence-corrected chi connectivity index (χ3v) is 4.91. The Labute approximate surface area is 109 Å². The van der Waals surface area contributed by atoms with Gasteiger partial charge in [0.05, 0.1) is 4.90 Å². The van der Waals surface area contributed by atoms with E-state index in [9.17, 15) is 8.42 Å². The van der Waals surface area contributed by atoms with E-state index in [4.69, 9.17) is 0 Å². The molecule has 0 heterocycles. The fraction of sp³-hybridized carbons (Fsp3) is 0.538. The molecule has 0 unspecified atom stereocenters. The maximum Gasteiger partial charge on any atom is 0.240 e. The maximum absolute atomic E-state index is 11.8. The van der Waals surface area contributed by atoms with Crippen LogP contribution in [0.15, 0.2) is 23.1 Å². The number of benzene rings is 1. The summed E-state index contributed by atoms with van der Waals surface area (Å²) in [4.78, 5) is 0.316. The van der Waals surface area contributed by atoms with Crippen LogP contribution in [-0.4, -0.2) is 21.5 Å². The molecule has 1 fully saturated rings. The Balaban J connectivity index is 2.26. The molecule has 0 spiro atoms. The molecule has 1 aromatic rings. The van der Waals surface area contributed by atoms with Crippen LogP contribution in [0.25, 0.3) is 0 Å². The zero-order valence-electron chi connectivity index (χ0n) is 10.9. The van der Waals surface area contributed by atoms with Gasteiger partial charge >= 0.3 is 0 Å². The first-order valence-electron chi connectivity index (χ1n) is 6.33. The van der Waals surface area contributed by atoms with Crippen molar-refractivity contribution < 1.29 is 8.42 Å². The van der Waals surface area contributed by atoms with E-state index < -0.39 is 10.0 Å². The molecule has 0 bridgehead atoms. The van der Waals surface area contributed by atoms with Crippen LogP contribution in [0.2, 0.25) is 0 Å². The van der Waals surface area contributed by atoms with E-state index in [1.165, 1.54) is 32.7 Å². The van der Waals surface area contributed by atoms with Crippen LogP contribution in [-0.2, 0) is 10.0 Å². The molecule has 1 aromatic carbocycles. The average molecular weight is 268 g/mol. The van der Waals surface area contributed by atoms with E-state index in [0.29, 0.717) is 10.9 Å². The van der Waals surface area contributed by atoms with E-state index in [1.54, 1.807) is 12.1 Å². The minimum Gasteiger partial charge on any atom is -0.382 e. The van der Waals surface area contributed by atoms with Crippen molar-refractivity contribution in [3.05, 3.63) is 23.8 Å². The lowest BCUT2D eigenvalue weighted by Crippen LogP contribution is -2.20. The Morgan fingerprint density at radius 3 is 2.50 bits per heavy atom. The zero-order chi connectivity index (χ0) is 13.2. The van der Waals surface area contributed by atoms with Gasteiger partial charge in [-0.05, 0) is 44.5 Å². The zero-order valence-corrected chi connectivity index (χ0v) is 11.7. The predicted octanol–water partition coefficient (Wildman–Crippen LogP) is 2.26. The quantitative estimate of drug-likeness (QED) is 0.880. The summed E-state index contributed by atoms with van der Waals surface area (Å²) in [5, 5.41) is 3.45. The van der Waals surface area contributed by atoms with Gasteiger partial charge in [0, 0.05) is 11.7 Å². The number of aryl methyl sites for hydroxylation is 1. The molecular weight excluding hydrogens is 248 g/mol. The number of rotatable bonds is 4. The van der Waals surface area contributed by atoms with E-state index in [0.717, 1.165) is 11.3 Å². The van der Waals surface area contributed by atoms with Gasteiger partial charge in [0.1, 0.15) is 0 Å². The van der Waals surface area contributed by atoms with Crippen molar-refractivity contribution in [3.8, 4) is 0 Å². The van der Waals surface area contributed by atoms with Crippen molar-refractivity contribution in [3.63, 3.8) is 0 Å². The minimum absolute atomic E-state index is 0.316. The highest BCUT2D eigenvalue weighted by Crippen LogP contribution is 2.26. The van der Waals surface area contributed by atoms with Crippen molar-refractivity contribution in [2.24, 2.45) is 0 Å². The topological polar surface area (TPSA) is 58.2 Å². The molecule has 0 aliphatic heterocycles. The van der Waals surface area contributed by atoms with Gasteiger partial charge in [0.15, 0.2) is 0 Å². The number of sulfonamides is 1. The lowest BCUT2D eigenvalue weighted by molar-refractivity contribution is 0.588. The molecule has 0 aromatic heterocycles. The largest absolute Gasteiger partial charge is 0.382 e. The van der Waals surface area contributed by atoms with Crippen LogP contribution in [0.5, 0.6) is 0 Å². The molecule has 0 radical (unpaired) electrons. The molecule has 0 amide bonds. The van der Waals surface area contributed by atoms with Gasteiger partial charge < -0.3 is 5.32 Å². The molecule has 0 atom stereocenters. The van der Waals surface area contributed by atoms with Gasteiger partial charge in [-0.15, -0.1) is 0 Å². The van der Waals surface area contributed by atoms with Crippen LogP contribution < -0.4 is 10.0 Å². The van der Waals surface area contributed by atoms with Crippen molar-refractivity contribution in [1.82, 2.24) is 4.72 Å². The Morgan fingerprint density at radius 2 is 1.89 bits per heavy atom. The number of anilines is 1. The van der Waals surface area contributed by atoms with Gasteiger partial charge in [-0.1, -0.05) is 18.9 Å². The number of hydrogen-bond donors (Lipinski definition) is 2. The molecule has 5 heteroatoms. The molecule has 0 saturated heterocycles. The molecule has 18 heavy (non-hydrogen) atoms. The number of hydrogen-bond acceptors (Lipinski definition) is 3. The summed E-state index contributed by atoms with van der Waals surface area (Å²) in [7, 11) is -1.93. The van der Waals surface area contributed by atoms with Crippen LogP contribution in [0.4, 0.5) is 5.69 Å². The summed E-state index contributed by atoms with van der Waals surface area (Å²) >= 11 is 0. The first-order chi connectivity index (χ1) is 8.53. The van der Waals surface area contributed by atoms with Gasteiger partial charge in [-0.2, -0.15) is 0 Å². The fourth-order valence-corrected chi connectivity index (χ4v) is 3.09. The summed E-state index contributed by atoms with van der Waals surface area (Å²) in [6, 6.07) is 5.69. The van der Waals surface area contributed by atoms with Crippen molar-refractivity contribution in [2.75, 3.05) is 12.4 Å². The third-order valence-electron chi connectivity index (χ3n) is 3.50. The van der Waals surface area contributed by atoms with Crippen LogP contribution in [0.3, 0.4) is 0 Å². The summed E-state index contributed by atoms with van der Waals surface area (Å²) in [6.45, 7) is 1.99. The van der Waals surface area contributed by atoms with Crippen LogP contribution in [0.1, 0.15) is 31.2 Å². The first kappa shape index (κ1) is 13.4. The summed E-state index contributed by atoms with van der Waals surface area (Å²) in [5.74, 6) is 0. The predicted molar refractivity (Wildman–Crippen MR) is 73.3 cm³/mol. The molecule has 1 aliphatic carbocycles. The Hall–Kier alpha value is -1.07. The average Bonchev–Trinajstić information content (AvgIpc) is 2.84. The Morgan fingerprint density at radius 1 is 1.22 bits per heavy atom.